The van der Waals surface area contributed by atoms with Crippen molar-refractivity contribution in [2.75, 3.05) is 5.32 Å². The van der Waals surface area contributed by atoms with E-state index >= 15 is 0 Å². The molecule has 2 rings (SSSR count). The van der Waals surface area contributed by atoms with Gasteiger partial charge in [0.25, 0.3) is 0 Å². The highest BCUT2D eigenvalue weighted by Gasteiger charge is 2.09. The fourth-order valence-corrected chi connectivity index (χ4v) is 1.81. The first-order valence-electron chi connectivity index (χ1n) is 5.16. The molecule has 0 atom stereocenters. The Morgan fingerprint density at radius 3 is 2.59 bits per heavy atom. The molecule has 2 aromatic rings. The Hall–Kier alpha value is -1.87. The number of hydrogen-bond acceptors (Lipinski definition) is 2. The average Bonchev–Trinajstić information content (AvgIpc) is 2.30. The lowest BCUT2D eigenvalue weighted by Gasteiger charge is -2.09. The Morgan fingerprint density at radius 2 is 1.88 bits per heavy atom. The molecule has 1 aromatic heterocycles. The SMILES string of the molecule is CC(=O)Nc1ncccc1-c1ccccc1Cl. The van der Waals surface area contributed by atoms with Crippen molar-refractivity contribution in [1.29, 1.82) is 0 Å². The smallest absolute Gasteiger partial charge is 0.222 e. The van der Waals surface area contributed by atoms with Gasteiger partial charge in [-0.1, -0.05) is 29.8 Å². The zero-order chi connectivity index (χ0) is 12.3. The van der Waals surface area contributed by atoms with Gasteiger partial charge in [-0.15, -0.1) is 0 Å². The molecule has 1 aromatic carbocycles. The molecule has 0 spiro atoms. The van der Waals surface area contributed by atoms with Crippen molar-refractivity contribution in [2.24, 2.45) is 0 Å². The van der Waals surface area contributed by atoms with Gasteiger partial charge in [0.1, 0.15) is 5.82 Å². The van der Waals surface area contributed by atoms with Gasteiger partial charge in [-0.2, -0.15) is 0 Å². The maximum absolute atomic E-state index is 11.1. The summed E-state index contributed by atoms with van der Waals surface area (Å²) in [7, 11) is 0. The predicted octanol–water partition coefficient (Wildman–Crippen LogP) is 3.36. The maximum Gasteiger partial charge on any atom is 0.222 e. The first-order valence-corrected chi connectivity index (χ1v) is 5.54. The summed E-state index contributed by atoms with van der Waals surface area (Å²) >= 11 is 6.13. The number of rotatable bonds is 2. The highest BCUT2D eigenvalue weighted by Crippen LogP contribution is 2.31. The third-order valence-corrected chi connectivity index (χ3v) is 2.60. The van der Waals surface area contributed by atoms with Crippen LogP contribution in [0.15, 0.2) is 42.6 Å². The number of nitrogens with one attached hydrogen (secondary N) is 1. The van der Waals surface area contributed by atoms with Gasteiger partial charge in [0.2, 0.25) is 5.91 Å². The molecule has 4 heteroatoms. The zero-order valence-electron chi connectivity index (χ0n) is 9.27. The Kier molecular flexibility index (Phi) is 3.40. The second-order valence-corrected chi connectivity index (χ2v) is 3.97. The first kappa shape index (κ1) is 11.6. The van der Waals surface area contributed by atoms with Crippen molar-refractivity contribution in [2.45, 2.75) is 6.92 Å². The summed E-state index contributed by atoms with van der Waals surface area (Å²) in [5, 5.41) is 3.32. The Morgan fingerprint density at radius 1 is 1.18 bits per heavy atom. The predicted molar refractivity (Wildman–Crippen MR) is 69.0 cm³/mol. The molecule has 0 unspecified atom stereocenters. The Labute approximate surface area is 104 Å². The number of nitrogens with zero attached hydrogens (tertiary/aromatic N) is 1. The fourth-order valence-electron chi connectivity index (χ4n) is 1.57. The second-order valence-electron chi connectivity index (χ2n) is 3.56. The highest BCUT2D eigenvalue weighted by atomic mass is 35.5. The van der Waals surface area contributed by atoms with Crippen LogP contribution in [0.2, 0.25) is 5.02 Å². The van der Waals surface area contributed by atoms with Gasteiger partial charge in [0, 0.05) is 29.3 Å². The molecule has 0 fully saturated rings. The molecule has 1 N–H and O–H groups in total. The van der Waals surface area contributed by atoms with Crippen LogP contribution in [0.3, 0.4) is 0 Å². The molecule has 1 amide bonds. The van der Waals surface area contributed by atoms with Gasteiger partial charge in [0.15, 0.2) is 0 Å². The van der Waals surface area contributed by atoms with E-state index in [1.54, 1.807) is 12.3 Å². The third kappa shape index (κ3) is 2.63. The van der Waals surface area contributed by atoms with Gasteiger partial charge in [-0.25, -0.2) is 4.98 Å². The summed E-state index contributed by atoms with van der Waals surface area (Å²) in [5.74, 6) is 0.366. The number of amides is 1. The van der Waals surface area contributed by atoms with Crippen molar-refractivity contribution >= 4 is 23.3 Å². The molecule has 3 nitrogen and oxygen atoms in total. The summed E-state index contributed by atoms with van der Waals surface area (Å²) in [6, 6.07) is 11.1. The van der Waals surface area contributed by atoms with E-state index in [9.17, 15) is 4.79 Å². The van der Waals surface area contributed by atoms with Gasteiger partial charge < -0.3 is 5.32 Å². The fraction of sp³-hybridized carbons (Fsp3) is 0.0769. The molecule has 17 heavy (non-hydrogen) atoms. The minimum Gasteiger partial charge on any atom is -0.310 e. The Bertz CT molecular complexity index is 555. The summed E-state index contributed by atoms with van der Waals surface area (Å²) in [5.41, 5.74) is 1.67. The lowest BCUT2D eigenvalue weighted by atomic mass is 10.1. The minimum absolute atomic E-state index is 0.156. The summed E-state index contributed by atoms with van der Waals surface area (Å²) in [6.45, 7) is 1.45. The van der Waals surface area contributed by atoms with Crippen LogP contribution in [0.25, 0.3) is 11.1 Å². The summed E-state index contributed by atoms with van der Waals surface area (Å²) in [4.78, 5) is 15.2. The molecule has 86 valence electrons. The van der Waals surface area contributed by atoms with E-state index in [4.69, 9.17) is 11.6 Å². The molecular weight excluding hydrogens is 236 g/mol. The molecule has 0 bridgehead atoms. The summed E-state index contributed by atoms with van der Waals surface area (Å²) < 4.78 is 0. The van der Waals surface area contributed by atoms with E-state index in [1.807, 2.05) is 30.3 Å². The van der Waals surface area contributed by atoms with E-state index in [0.29, 0.717) is 10.8 Å². The van der Waals surface area contributed by atoms with Crippen LogP contribution in [-0.4, -0.2) is 10.9 Å². The van der Waals surface area contributed by atoms with Crippen molar-refractivity contribution in [3.8, 4) is 11.1 Å². The molecule has 1 heterocycles. The molecule has 0 saturated heterocycles. The third-order valence-electron chi connectivity index (χ3n) is 2.27. The lowest BCUT2D eigenvalue weighted by molar-refractivity contribution is -0.114. The normalized spacial score (nSPS) is 10.0. The van der Waals surface area contributed by atoms with E-state index < -0.39 is 0 Å². The number of aromatic nitrogens is 1. The number of benzene rings is 1. The van der Waals surface area contributed by atoms with E-state index in [2.05, 4.69) is 10.3 Å². The average molecular weight is 247 g/mol. The van der Waals surface area contributed by atoms with Crippen molar-refractivity contribution in [3.05, 3.63) is 47.6 Å². The van der Waals surface area contributed by atoms with Gasteiger partial charge in [0.05, 0.1) is 0 Å². The number of halogens is 1. The molecule has 0 aliphatic carbocycles. The quantitative estimate of drug-likeness (QED) is 0.883. The van der Waals surface area contributed by atoms with Gasteiger partial charge in [-0.05, 0) is 18.2 Å². The van der Waals surface area contributed by atoms with Crippen molar-refractivity contribution < 1.29 is 4.79 Å². The van der Waals surface area contributed by atoms with Crippen LogP contribution in [-0.2, 0) is 4.79 Å². The maximum atomic E-state index is 11.1. The monoisotopic (exact) mass is 246 g/mol. The number of carbonyl (C=O) groups is 1. The summed E-state index contributed by atoms with van der Waals surface area (Å²) in [6.07, 6.45) is 1.63. The first-order chi connectivity index (χ1) is 8.18. The van der Waals surface area contributed by atoms with Crippen LogP contribution < -0.4 is 5.32 Å². The molecule has 0 radical (unpaired) electrons. The van der Waals surface area contributed by atoms with Crippen LogP contribution >= 0.6 is 11.6 Å². The Balaban J connectivity index is 2.52. The minimum atomic E-state index is -0.156. The number of pyridine rings is 1. The largest absolute Gasteiger partial charge is 0.310 e. The van der Waals surface area contributed by atoms with Crippen LogP contribution in [0.5, 0.6) is 0 Å². The number of anilines is 1. The molecule has 0 aliphatic heterocycles. The van der Waals surface area contributed by atoms with E-state index in [1.165, 1.54) is 6.92 Å². The van der Waals surface area contributed by atoms with E-state index in [0.717, 1.165) is 11.1 Å². The number of carbonyl (C=O) groups excluding carboxylic acids is 1. The topological polar surface area (TPSA) is 42.0 Å². The lowest BCUT2D eigenvalue weighted by Crippen LogP contribution is -2.08. The molecule has 0 saturated carbocycles. The molecule has 0 aliphatic rings. The van der Waals surface area contributed by atoms with Crippen LogP contribution in [0.4, 0.5) is 5.82 Å². The zero-order valence-corrected chi connectivity index (χ0v) is 10.0. The molecular formula is C13H11ClN2O. The van der Waals surface area contributed by atoms with Crippen molar-refractivity contribution in [1.82, 2.24) is 4.98 Å². The van der Waals surface area contributed by atoms with Crippen LogP contribution in [0, 0.1) is 0 Å². The van der Waals surface area contributed by atoms with Crippen LogP contribution in [0.1, 0.15) is 6.92 Å². The van der Waals surface area contributed by atoms with Gasteiger partial charge in [-0.3, -0.25) is 4.79 Å². The van der Waals surface area contributed by atoms with E-state index in [-0.39, 0.29) is 5.91 Å². The highest BCUT2D eigenvalue weighted by molar-refractivity contribution is 6.33. The van der Waals surface area contributed by atoms with Crippen molar-refractivity contribution in [3.63, 3.8) is 0 Å². The second kappa shape index (κ2) is 4.97. The standard InChI is InChI=1S/C13H11ClN2O/c1-9(17)16-13-11(6-4-8-15-13)10-5-2-3-7-12(10)14/h2-8H,1H3,(H,15,16,17). The number of hydrogen-bond donors (Lipinski definition) is 1. The van der Waals surface area contributed by atoms with Gasteiger partial charge >= 0.3 is 0 Å².